The van der Waals surface area contributed by atoms with Gasteiger partial charge in [0, 0.05) is 5.56 Å². The van der Waals surface area contributed by atoms with Gasteiger partial charge in [-0.05, 0) is 24.8 Å². The molecule has 0 radical (unpaired) electrons. The third-order valence-electron chi connectivity index (χ3n) is 3.44. The Bertz CT molecular complexity index is 371. The summed E-state index contributed by atoms with van der Waals surface area (Å²) in [5.74, 6) is 1.62. The van der Waals surface area contributed by atoms with Crippen LogP contribution in [0.4, 0.5) is 0 Å². The molecule has 3 rings (SSSR count). The van der Waals surface area contributed by atoms with E-state index in [0.717, 1.165) is 23.8 Å². The highest BCUT2D eigenvalue weighted by molar-refractivity contribution is 5.32. The molecule has 2 aliphatic rings. The molecule has 0 amide bonds. The lowest BCUT2D eigenvalue weighted by Gasteiger charge is -2.16. The maximum absolute atomic E-state index is 6.01. The minimum Gasteiger partial charge on any atom is -0.496 e. The van der Waals surface area contributed by atoms with Crippen molar-refractivity contribution in [3.8, 4) is 5.75 Å². The molecule has 1 heterocycles. The summed E-state index contributed by atoms with van der Waals surface area (Å²) in [6.07, 6.45) is 3.21. The quantitative estimate of drug-likeness (QED) is 0.708. The summed E-state index contributed by atoms with van der Waals surface area (Å²) in [6.45, 7) is 1.48. The Morgan fingerprint density at radius 2 is 2.12 bits per heavy atom. The van der Waals surface area contributed by atoms with Crippen LogP contribution in [0.5, 0.6) is 5.75 Å². The van der Waals surface area contributed by atoms with Crippen LogP contribution < -0.4 is 4.74 Å². The van der Waals surface area contributed by atoms with Crippen LogP contribution in [-0.2, 0) is 16.1 Å². The second-order valence-electron chi connectivity index (χ2n) is 4.80. The molecule has 2 fully saturated rings. The van der Waals surface area contributed by atoms with Gasteiger partial charge in [0.25, 0.3) is 0 Å². The third kappa shape index (κ3) is 2.61. The zero-order valence-electron chi connectivity index (χ0n) is 10.1. The molecule has 3 nitrogen and oxygen atoms in total. The molecule has 1 aliphatic carbocycles. The van der Waals surface area contributed by atoms with Crippen molar-refractivity contribution < 1.29 is 14.2 Å². The number of para-hydroxylation sites is 1. The Morgan fingerprint density at radius 3 is 2.76 bits per heavy atom. The molecule has 0 bridgehead atoms. The summed E-state index contributed by atoms with van der Waals surface area (Å²) < 4.78 is 16.7. The second kappa shape index (κ2) is 4.67. The van der Waals surface area contributed by atoms with Gasteiger partial charge < -0.3 is 14.2 Å². The number of benzene rings is 1. The van der Waals surface area contributed by atoms with Gasteiger partial charge in [0.1, 0.15) is 11.9 Å². The Labute approximate surface area is 102 Å². The molecule has 2 atom stereocenters. The molecule has 1 aromatic rings. The van der Waals surface area contributed by atoms with Gasteiger partial charge in [-0.15, -0.1) is 0 Å². The van der Waals surface area contributed by atoms with E-state index in [1.54, 1.807) is 7.11 Å². The summed E-state index contributed by atoms with van der Waals surface area (Å²) in [7, 11) is 1.70. The van der Waals surface area contributed by atoms with Crippen LogP contribution >= 0.6 is 0 Å². The fourth-order valence-electron chi connectivity index (χ4n) is 2.23. The van der Waals surface area contributed by atoms with E-state index < -0.39 is 0 Å². The van der Waals surface area contributed by atoms with E-state index in [1.807, 2.05) is 18.2 Å². The maximum atomic E-state index is 6.01. The molecule has 0 aromatic heterocycles. The van der Waals surface area contributed by atoms with Crippen LogP contribution in [0.3, 0.4) is 0 Å². The van der Waals surface area contributed by atoms with E-state index >= 15 is 0 Å². The number of ether oxygens (including phenoxy) is 3. The molecular formula is C14H18O3. The maximum Gasteiger partial charge on any atom is 0.124 e. The minimum absolute atomic E-state index is 0.292. The number of hydrogen-bond acceptors (Lipinski definition) is 3. The summed E-state index contributed by atoms with van der Waals surface area (Å²) in [4.78, 5) is 0. The summed E-state index contributed by atoms with van der Waals surface area (Å²) >= 11 is 0. The molecule has 1 aromatic carbocycles. The lowest BCUT2D eigenvalue weighted by molar-refractivity contribution is 0.00676. The lowest BCUT2D eigenvalue weighted by atomic mass is 10.1. The van der Waals surface area contributed by atoms with Gasteiger partial charge >= 0.3 is 0 Å². The number of methoxy groups -OCH3 is 1. The largest absolute Gasteiger partial charge is 0.496 e. The van der Waals surface area contributed by atoms with Gasteiger partial charge in [-0.25, -0.2) is 0 Å². The van der Waals surface area contributed by atoms with E-state index in [9.17, 15) is 0 Å². The molecule has 17 heavy (non-hydrogen) atoms. The monoisotopic (exact) mass is 234 g/mol. The fraction of sp³-hybridized carbons (Fsp3) is 0.571. The van der Waals surface area contributed by atoms with E-state index in [4.69, 9.17) is 14.2 Å². The van der Waals surface area contributed by atoms with Crippen LogP contribution in [0, 0.1) is 5.92 Å². The Kier molecular flexibility index (Phi) is 3.04. The van der Waals surface area contributed by atoms with Gasteiger partial charge in [-0.3, -0.25) is 0 Å². The molecular weight excluding hydrogens is 216 g/mol. The highest BCUT2D eigenvalue weighted by atomic mass is 16.6. The normalized spacial score (nSPS) is 24.4. The van der Waals surface area contributed by atoms with Crippen LogP contribution in [0.15, 0.2) is 24.3 Å². The van der Waals surface area contributed by atoms with E-state index in [0.29, 0.717) is 18.8 Å². The van der Waals surface area contributed by atoms with Crippen molar-refractivity contribution in [3.63, 3.8) is 0 Å². The predicted octanol–water partition coefficient (Wildman–Crippen LogP) is 2.39. The van der Waals surface area contributed by atoms with Crippen molar-refractivity contribution in [2.24, 2.45) is 5.92 Å². The van der Waals surface area contributed by atoms with Crippen molar-refractivity contribution in [1.82, 2.24) is 0 Å². The standard InChI is InChI=1S/C14H18O3/c1-15-12-5-3-2-4-11(12)8-17-14(10-6-7-10)13-9-16-13/h2-5,10,13-14H,6-9H2,1H3/t13-,14?/m1/s1. The average Bonchev–Trinajstić information content (AvgIpc) is 3.23. The first-order chi connectivity index (χ1) is 8.38. The first-order valence-electron chi connectivity index (χ1n) is 6.23. The average molecular weight is 234 g/mol. The van der Waals surface area contributed by atoms with E-state index in [-0.39, 0.29) is 0 Å². The first kappa shape index (κ1) is 11.1. The summed E-state index contributed by atoms with van der Waals surface area (Å²) in [5, 5.41) is 0. The minimum atomic E-state index is 0.292. The Balaban J connectivity index is 1.61. The zero-order chi connectivity index (χ0) is 11.7. The Hall–Kier alpha value is -1.06. The van der Waals surface area contributed by atoms with E-state index in [1.165, 1.54) is 12.8 Å². The topological polar surface area (TPSA) is 31.0 Å². The second-order valence-corrected chi connectivity index (χ2v) is 4.80. The Morgan fingerprint density at radius 1 is 1.35 bits per heavy atom. The van der Waals surface area contributed by atoms with Gasteiger partial charge in [0.2, 0.25) is 0 Å². The van der Waals surface area contributed by atoms with Crippen LogP contribution in [0.1, 0.15) is 18.4 Å². The molecule has 1 aliphatic heterocycles. The molecule has 3 heteroatoms. The van der Waals surface area contributed by atoms with Gasteiger partial charge in [-0.1, -0.05) is 18.2 Å². The fourth-order valence-corrected chi connectivity index (χ4v) is 2.23. The number of hydrogen-bond donors (Lipinski definition) is 0. The number of rotatable bonds is 6. The van der Waals surface area contributed by atoms with Crippen molar-refractivity contribution >= 4 is 0 Å². The SMILES string of the molecule is COc1ccccc1COC(C1CC1)[C@H]1CO1. The molecule has 92 valence electrons. The smallest absolute Gasteiger partial charge is 0.124 e. The van der Waals surface area contributed by atoms with Crippen LogP contribution in [0.25, 0.3) is 0 Å². The van der Waals surface area contributed by atoms with E-state index in [2.05, 4.69) is 6.07 Å². The summed E-state index contributed by atoms with van der Waals surface area (Å²) in [5.41, 5.74) is 1.11. The van der Waals surface area contributed by atoms with Gasteiger partial charge in [0.15, 0.2) is 0 Å². The van der Waals surface area contributed by atoms with Gasteiger partial charge in [0.05, 0.1) is 26.4 Å². The van der Waals surface area contributed by atoms with Gasteiger partial charge in [-0.2, -0.15) is 0 Å². The molecule has 1 saturated carbocycles. The van der Waals surface area contributed by atoms with Crippen molar-refractivity contribution in [2.75, 3.05) is 13.7 Å². The highest BCUT2D eigenvalue weighted by Gasteiger charge is 2.43. The third-order valence-corrected chi connectivity index (χ3v) is 3.44. The van der Waals surface area contributed by atoms with Crippen LogP contribution in [0.2, 0.25) is 0 Å². The predicted molar refractivity (Wildman–Crippen MR) is 64.0 cm³/mol. The summed E-state index contributed by atoms with van der Waals surface area (Å²) in [6, 6.07) is 8.01. The molecule has 1 unspecified atom stereocenters. The highest BCUT2D eigenvalue weighted by Crippen LogP contribution is 2.40. The van der Waals surface area contributed by atoms with Crippen molar-refractivity contribution in [2.45, 2.75) is 31.7 Å². The molecule has 0 N–H and O–H groups in total. The lowest BCUT2D eigenvalue weighted by Crippen LogP contribution is -2.22. The first-order valence-corrected chi connectivity index (χ1v) is 6.23. The molecule has 0 spiro atoms. The number of epoxide rings is 1. The molecule has 1 saturated heterocycles. The zero-order valence-corrected chi connectivity index (χ0v) is 10.1. The van der Waals surface area contributed by atoms with Crippen LogP contribution in [-0.4, -0.2) is 25.9 Å². The van der Waals surface area contributed by atoms with Crippen molar-refractivity contribution in [1.29, 1.82) is 0 Å². The van der Waals surface area contributed by atoms with Crippen molar-refractivity contribution in [3.05, 3.63) is 29.8 Å².